The highest BCUT2D eigenvalue weighted by atomic mass is 19.1. The molecule has 0 bridgehead atoms. The van der Waals surface area contributed by atoms with Crippen LogP contribution in [-0.4, -0.2) is 51.1 Å². The zero-order valence-electron chi connectivity index (χ0n) is 17.6. The minimum absolute atomic E-state index is 0.00804. The van der Waals surface area contributed by atoms with Gasteiger partial charge in [-0.25, -0.2) is 8.78 Å². The zero-order chi connectivity index (χ0) is 21.8. The number of carbonyl (C=O) groups excluding carboxylic acids is 1. The van der Waals surface area contributed by atoms with Gasteiger partial charge in [0, 0.05) is 38.4 Å². The average Bonchev–Trinajstić information content (AvgIpc) is 3.23. The molecule has 1 amide bonds. The number of nitrogens with zero attached hydrogens (tertiary/aromatic N) is 3. The van der Waals surface area contributed by atoms with E-state index in [1.807, 2.05) is 23.1 Å². The van der Waals surface area contributed by atoms with Crippen LogP contribution < -0.4 is 20.4 Å². The number of anilines is 2. The smallest absolute Gasteiger partial charge is 0.246 e. The molecule has 8 heteroatoms. The number of rotatable bonds is 4. The highest BCUT2D eigenvalue weighted by molar-refractivity contribution is 5.98. The Balaban J connectivity index is 1.32. The van der Waals surface area contributed by atoms with E-state index in [-0.39, 0.29) is 24.2 Å². The maximum Gasteiger partial charge on any atom is 0.246 e. The molecule has 2 heterocycles. The van der Waals surface area contributed by atoms with Gasteiger partial charge in [-0.1, -0.05) is 24.3 Å². The predicted octanol–water partition coefficient (Wildman–Crippen LogP) is 2.69. The molecule has 6 nitrogen and oxygen atoms in total. The van der Waals surface area contributed by atoms with Gasteiger partial charge in [0.25, 0.3) is 0 Å². The van der Waals surface area contributed by atoms with Crippen molar-refractivity contribution in [2.75, 3.05) is 43.0 Å². The zero-order valence-corrected chi connectivity index (χ0v) is 17.6. The van der Waals surface area contributed by atoms with Crippen LogP contribution in [0.4, 0.5) is 20.2 Å². The number of aliphatic imine (C=N–C) groups is 1. The number of halogens is 2. The number of aryl methyl sites for hydroxylation is 1. The maximum atomic E-state index is 14.1. The number of para-hydroxylation sites is 2. The summed E-state index contributed by atoms with van der Waals surface area (Å²) in [5.74, 6) is -0.637. The first-order valence-corrected chi connectivity index (χ1v) is 10.6. The lowest BCUT2D eigenvalue weighted by Crippen LogP contribution is -2.49. The average molecular weight is 427 g/mol. The third-order valence-corrected chi connectivity index (χ3v) is 5.82. The van der Waals surface area contributed by atoms with Gasteiger partial charge in [-0.15, -0.1) is 0 Å². The van der Waals surface area contributed by atoms with Gasteiger partial charge in [-0.05, 0) is 43.0 Å². The van der Waals surface area contributed by atoms with Gasteiger partial charge in [0.1, 0.15) is 17.3 Å². The fourth-order valence-corrected chi connectivity index (χ4v) is 4.31. The van der Waals surface area contributed by atoms with E-state index in [4.69, 9.17) is 0 Å². The van der Waals surface area contributed by atoms with Crippen molar-refractivity contribution in [3.8, 4) is 0 Å². The second-order valence-corrected chi connectivity index (χ2v) is 7.85. The van der Waals surface area contributed by atoms with Gasteiger partial charge in [0.05, 0.1) is 6.54 Å². The molecule has 164 valence electrons. The maximum absolute atomic E-state index is 14.1. The minimum Gasteiger partial charge on any atom is -0.365 e. The molecule has 0 aliphatic carbocycles. The first kappa shape index (κ1) is 21.1. The summed E-state index contributed by atoms with van der Waals surface area (Å²) in [6, 6.07) is 11.9. The summed E-state index contributed by atoms with van der Waals surface area (Å²) in [6.07, 6.45) is 2.64. The standard InChI is InChI=1S/C23H27F2N5O/c1-26-23(27-14-21(31)30-12-5-7-16-6-2-3-10-20(16)30)28-17-11-13-29(15-17)22-18(24)8-4-9-19(22)25/h2-4,6,8-10,17H,5,7,11-15H2,1H3,(H2,26,27,28). The Kier molecular flexibility index (Phi) is 6.34. The third kappa shape index (κ3) is 4.62. The minimum atomic E-state index is -0.560. The van der Waals surface area contributed by atoms with Gasteiger partial charge in [-0.3, -0.25) is 9.79 Å². The number of amides is 1. The van der Waals surface area contributed by atoms with Crippen molar-refractivity contribution in [2.24, 2.45) is 4.99 Å². The van der Waals surface area contributed by atoms with Crippen molar-refractivity contribution in [3.05, 3.63) is 59.7 Å². The van der Waals surface area contributed by atoms with Gasteiger partial charge < -0.3 is 20.4 Å². The summed E-state index contributed by atoms with van der Waals surface area (Å²) in [5.41, 5.74) is 2.17. The highest BCUT2D eigenvalue weighted by Gasteiger charge is 2.28. The van der Waals surface area contributed by atoms with E-state index >= 15 is 0 Å². The molecule has 0 aromatic heterocycles. The van der Waals surface area contributed by atoms with Crippen molar-refractivity contribution in [3.63, 3.8) is 0 Å². The molecule has 2 aromatic carbocycles. The van der Waals surface area contributed by atoms with E-state index in [0.29, 0.717) is 32.0 Å². The number of fused-ring (bicyclic) bond motifs is 1. The summed E-state index contributed by atoms with van der Waals surface area (Å²) in [4.78, 5) is 20.5. The summed E-state index contributed by atoms with van der Waals surface area (Å²) in [5, 5.41) is 6.35. The third-order valence-electron chi connectivity index (χ3n) is 5.82. The quantitative estimate of drug-likeness (QED) is 0.582. The van der Waals surface area contributed by atoms with Crippen LogP contribution in [0.15, 0.2) is 47.5 Å². The van der Waals surface area contributed by atoms with Gasteiger partial charge in [0.15, 0.2) is 5.96 Å². The number of hydrogen-bond donors (Lipinski definition) is 2. The molecule has 2 aromatic rings. The molecule has 1 unspecified atom stereocenters. The highest BCUT2D eigenvalue weighted by Crippen LogP contribution is 2.27. The lowest BCUT2D eigenvalue weighted by atomic mass is 10.0. The molecule has 1 saturated heterocycles. The van der Waals surface area contributed by atoms with Crippen LogP contribution in [0.3, 0.4) is 0 Å². The second-order valence-electron chi connectivity index (χ2n) is 7.85. The first-order valence-electron chi connectivity index (χ1n) is 10.6. The molecule has 2 N–H and O–H groups in total. The van der Waals surface area contributed by atoms with Gasteiger partial charge in [-0.2, -0.15) is 0 Å². The monoisotopic (exact) mass is 427 g/mol. The Bertz CT molecular complexity index is 960. The summed E-state index contributed by atoms with van der Waals surface area (Å²) >= 11 is 0. The predicted molar refractivity (Wildman–Crippen MR) is 119 cm³/mol. The molecule has 2 aliphatic rings. The van der Waals surface area contributed by atoms with E-state index in [0.717, 1.165) is 18.5 Å². The Morgan fingerprint density at radius 2 is 1.90 bits per heavy atom. The summed E-state index contributed by atoms with van der Waals surface area (Å²) in [6.45, 7) is 1.81. The second kappa shape index (κ2) is 9.32. The van der Waals surface area contributed by atoms with Crippen LogP contribution in [0.2, 0.25) is 0 Å². The van der Waals surface area contributed by atoms with E-state index in [1.54, 1.807) is 11.9 Å². The fraction of sp³-hybridized carbons (Fsp3) is 0.391. The van der Waals surface area contributed by atoms with E-state index < -0.39 is 11.6 Å². The molecule has 1 atom stereocenters. The van der Waals surface area contributed by atoms with Crippen molar-refractivity contribution >= 4 is 23.2 Å². The van der Waals surface area contributed by atoms with Gasteiger partial charge in [0.2, 0.25) is 5.91 Å². The van der Waals surface area contributed by atoms with Crippen molar-refractivity contribution < 1.29 is 13.6 Å². The van der Waals surface area contributed by atoms with Crippen molar-refractivity contribution in [1.29, 1.82) is 0 Å². The van der Waals surface area contributed by atoms with Crippen LogP contribution in [0.5, 0.6) is 0 Å². The summed E-state index contributed by atoms with van der Waals surface area (Å²) in [7, 11) is 1.64. The topological polar surface area (TPSA) is 60.0 Å². The normalized spacial score (nSPS) is 18.7. The van der Waals surface area contributed by atoms with Crippen LogP contribution in [0.1, 0.15) is 18.4 Å². The molecule has 4 rings (SSSR count). The van der Waals surface area contributed by atoms with Crippen LogP contribution in [0.25, 0.3) is 0 Å². The van der Waals surface area contributed by atoms with E-state index in [2.05, 4.69) is 21.7 Å². The van der Waals surface area contributed by atoms with Crippen molar-refractivity contribution in [1.82, 2.24) is 10.6 Å². The number of guanidine groups is 1. The number of carbonyl (C=O) groups is 1. The fourth-order valence-electron chi connectivity index (χ4n) is 4.31. The first-order chi connectivity index (χ1) is 15.1. The van der Waals surface area contributed by atoms with Crippen LogP contribution in [0, 0.1) is 11.6 Å². The van der Waals surface area contributed by atoms with Crippen LogP contribution >= 0.6 is 0 Å². The molecule has 1 fully saturated rings. The molecule has 0 spiro atoms. The number of benzene rings is 2. The Morgan fingerprint density at radius 3 is 2.68 bits per heavy atom. The molecule has 2 aliphatic heterocycles. The van der Waals surface area contributed by atoms with Gasteiger partial charge >= 0.3 is 0 Å². The molecular formula is C23H27F2N5O. The van der Waals surface area contributed by atoms with E-state index in [9.17, 15) is 13.6 Å². The largest absolute Gasteiger partial charge is 0.365 e. The molecule has 31 heavy (non-hydrogen) atoms. The lowest BCUT2D eigenvalue weighted by molar-refractivity contribution is -0.117. The summed E-state index contributed by atoms with van der Waals surface area (Å²) < 4.78 is 28.1. The Hall–Kier alpha value is -3.16. The molecule has 0 saturated carbocycles. The SMILES string of the molecule is CN=C(NCC(=O)N1CCCc2ccccc21)NC1CCN(c2c(F)cccc2F)C1. The van der Waals surface area contributed by atoms with Crippen LogP contribution in [-0.2, 0) is 11.2 Å². The number of nitrogens with one attached hydrogen (secondary N) is 2. The molecule has 0 radical (unpaired) electrons. The Labute approximate surface area is 180 Å². The van der Waals surface area contributed by atoms with E-state index in [1.165, 1.54) is 23.8 Å². The Morgan fingerprint density at radius 1 is 1.13 bits per heavy atom. The van der Waals surface area contributed by atoms with Crippen molar-refractivity contribution in [2.45, 2.75) is 25.3 Å². The molecular weight excluding hydrogens is 400 g/mol. The number of hydrogen-bond acceptors (Lipinski definition) is 3. The lowest BCUT2D eigenvalue weighted by Gasteiger charge is -2.30.